The summed E-state index contributed by atoms with van der Waals surface area (Å²) in [4.78, 5) is 33.1. The van der Waals surface area contributed by atoms with Gasteiger partial charge in [-0.15, -0.1) is 0 Å². The Morgan fingerprint density at radius 1 is 0.933 bits per heavy atom. The van der Waals surface area contributed by atoms with Crippen molar-refractivity contribution in [2.75, 3.05) is 6.16 Å². The van der Waals surface area contributed by atoms with Crippen LogP contribution >= 0.6 is 7.60 Å². The van der Waals surface area contributed by atoms with Gasteiger partial charge in [0.2, 0.25) is 0 Å². The second kappa shape index (κ2) is 11.6. The molecule has 0 saturated carbocycles. The molecule has 164 valence electrons. The number of carbonyl (C=O) groups is 1. The molecule has 0 bridgehead atoms. The minimum atomic E-state index is -4.35. The first-order valence-electron chi connectivity index (χ1n) is 10.7. The summed E-state index contributed by atoms with van der Waals surface area (Å²) in [5.41, 5.74) is 0.146. The molecule has 2 rings (SSSR count). The van der Waals surface area contributed by atoms with Gasteiger partial charge in [-0.3, -0.25) is 9.36 Å². The van der Waals surface area contributed by atoms with Crippen LogP contribution in [0.2, 0.25) is 0 Å². The lowest BCUT2D eigenvalue weighted by Crippen LogP contribution is -2.40. The summed E-state index contributed by atoms with van der Waals surface area (Å²) in [6, 6.07) is 18.1. The largest absolute Gasteiger partial charge is 0.358 e. The number of ether oxygens (including phenoxy) is 1. The molecule has 6 heteroatoms. The van der Waals surface area contributed by atoms with E-state index in [9.17, 15) is 19.1 Å². The standard InChI is InChI=1S/C24H33O5P/c1-3-5-17-24(18-6-4-2,19-30(26,27)28)29-23(21-15-11-8-12-16-21)22(25)20-13-9-7-10-14-20/h7-16,23H,3-6,17-19H2,1-2H3,(H2,26,27,28). The minimum absolute atomic E-state index is 0.204. The molecular formula is C24H33O5P. The van der Waals surface area contributed by atoms with Crippen LogP contribution in [0.25, 0.3) is 0 Å². The lowest BCUT2D eigenvalue weighted by atomic mass is 9.90. The molecular weight excluding hydrogens is 399 g/mol. The van der Waals surface area contributed by atoms with Gasteiger partial charge in [0, 0.05) is 5.56 Å². The number of ketones is 1. The van der Waals surface area contributed by atoms with E-state index < -0.39 is 19.3 Å². The normalized spacial score (nSPS) is 13.2. The molecule has 0 aromatic heterocycles. The summed E-state index contributed by atoms with van der Waals surface area (Å²) in [5, 5.41) is 0. The van der Waals surface area contributed by atoms with Gasteiger partial charge in [-0.25, -0.2) is 0 Å². The monoisotopic (exact) mass is 432 g/mol. The number of benzene rings is 2. The average molecular weight is 432 g/mol. The van der Waals surface area contributed by atoms with Crippen LogP contribution in [0, 0.1) is 0 Å². The van der Waals surface area contributed by atoms with Gasteiger partial charge in [0.25, 0.3) is 0 Å². The molecule has 0 aliphatic rings. The summed E-state index contributed by atoms with van der Waals surface area (Å²) in [5.74, 6) is -0.204. The fourth-order valence-corrected chi connectivity index (χ4v) is 4.86. The number of carbonyl (C=O) groups excluding carboxylic acids is 1. The molecule has 0 spiro atoms. The highest BCUT2D eigenvalue weighted by Gasteiger charge is 2.41. The van der Waals surface area contributed by atoms with Crippen molar-refractivity contribution in [3.63, 3.8) is 0 Å². The van der Waals surface area contributed by atoms with Gasteiger partial charge in [0.15, 0.2) is 5.78 Å². The molecule has 1 unspecified atom stereocenters. The summed E-state index contributed by atoms with van der Waals surface area (Å²) in [6.45, 7) is 4.07. The highest BCUT2D eigenvalue weighted by Crippen LogP contribution is 2.46. The van der Waals surface area contributed by atoms with Crippen molar-refractivity contribution in [3.8, 4) is 0 Å². The van der Waals surface area contributed by atoms with Gasteiger partial charge in [0.1, 0.15) is 6.10 Å². The maximum Gasteiger partial charge on any atom is 0.328 e. The van der Waals surface area contributed by atoms with Crippen LogP contribution in [0.4, 0.5) is 0 Å². The maximum absolute atomic E-state index is 13.4. The van der Waals surface area contributed by atoms with E-state index in [4.69, 9.17) is 4.74 Å². The lowest BCUT2D eigenvalue weighted by molar-refractivity contribution is -0.0812. The van der Waals surface area contributed by atoms with E-state index in [0.717, 1.165) is 25.7 Å². The quantitative estimate of drug-likeness (QED) is 0.303. The smallest absolute Gasteiger partial charge is 0.328 e. The molecule has 2 aromatic rings. The number of rotatable bonds is 13. The van der Waals surface area contributed by atoms with E-state index in [1.807, 2.05) is 50.2 Å². The minimum Gasteiger partial charge on any atom is -0.358 e. The molecule has 0 aliphatic carbocycles. The number of hydrogen-bond donors (Lipinski definition) is 2. The Morgan fingerprint density at radius 3 is 1.90 bits per heavy atom. The second-order valence-electron chi connectivity index (χ2n) is 7.85. The van der Waals surface area contributed by atoms with E-state index in [0.29, 0.717) is 24.0 Å². The second-order valence-corrected chi connectivity index (χ2v) is 9.50. The Bertz CT molecular complexity index is 808. The van der Waals surface area contributed by atoms with Crippen molar-refractivity contribution >= 4 is 13.4 Å². The van der Waals surface area contributed by atoms with E-state index >= 15 is 0 Å². The first kappa shape index (κ1) is 24.5. The zero-order chi connectivity index (χ0) is 22.0. The molecule has 1 atom stereocenters. The van der Waals surface area contributed by atoms with E-state index in [2.05, 4.69) is 0 Å². The number of unbranched alkanes of at least 4 members (excludes halogenated alkanes) is 2. The van der Waals surface area contributed by atoms with E-state index in [-0.39, 0.29) is 11.9 Å². The average Bonchev–Trinajstić information content (AvgIpc) is 2.74. The first-order chi connectivity index (χ1) is 14.3. The Labute approximate surface area is 179 Å². The molecule has 2 aromatic carbocycles. The zero-order valence-electron chi connectivity index (χ0n) is 17.9. The summed E-state index contributed by atoms with van der Waals surface area (Å²) in [6.07, 6.45) is 2.98. The van der Waals surface area contributed by atoms with Crippen LogP contribution in [-0.4, -0.2) is 27.3 Å². The van der Waals surface area contributed by atoms with Crippen LogP contribution in [0.5, 0.6) is 0 Å². The summed E-state index contributed by atoms with van der Waals surface area (Å²) < 4.78 is 18.5. The third kappa shape index (κ3) is 7.48. The van der Waals surface area contributed by atoms with Crippen LogP contribution in [0.3, 0.4) is 0 Å². The van der Waals surface area contributed by atoms with Gasteiger partial charge >= 0.3 is 7.60 Å². The van der Waals surface area contributed by atoms with Gasteiger partial charge in [-0.05, 0) is 18.4 Å². The fraction of sp³-hybridized carbons (Fsp3) is 0.458. The Hall–Kier alpha value is -1.78. The van der Waals surface area contributed by atoms with Crippen molar-refractivity contribution in [3.05, 3.63) is 71.8 Å². The highest BCUT2D eigenvalue weighted by atomic mass is 31.2. The van der Waals surface area contributed by atoms with Crippen molar-refractivity contribution in [2.45, 2.75) is 64.1 Å². The van der Waals surface area contributed by atoms with Crippen molar-refractivity contribution < 1.29 is 23.9 Å². The van der Waals surface area contributed by atoms with E-state index in [1.165, 1.54) is 0 Å². The molecule has 30 heavy (non-hydrogen) atoms. The molecule has 0 heterocycles. The predicted octanol–water partition coefficient (Wildman–Crippen LogP) is 5.92. The number of hydrogen-bond acceptors (Lipinski definition) is 3. The first-order valence-corrected chi connectivity index (χ1v) is 12.5. The van der Waals surface area contributed by atoms with Crippen LogP contribution < -0.4 is 0 Å². The van der Waals surface area contributed by atoms with Gasteiger partial charge in [-0.1, -0.05) is 100 Å². The van der Waals surface area contributed by atoms with Gasteiger partial charge < -0.3 is 14.5 Å². The maximum atomic E-state index is 13.4. The zero-order valence-corrected chi connectivity index (χ0v) is 18.8. The molecule has 0 fully saturated rings. The predicted molar refractivity (Wildman–Crippen MR) is 120 cm³/mol. The Kier molecular flexibility index (Phi) is 9.44. The lowest BCUT2D eigenvalue weighted by Gasteiger charge is -2.37. The van der Waals surface area contributed by atoms with Crippen LogP contribution in [0.1, 0.15) is 74.4 Å². The third-order valence-corrected chi connectivity index (χ3v) is 6.22. The highest BCUT2D eigenvalue weighted by molar-refractivity contribution is 7.51. The van der Waals surface area contributed by atoms with Crippen molar-refractivity contribution in [1.29, 1.82) is 0 Å². The Balaban J connectivity index is 2.49. The van der Waals surface area contributed by atoms with Crippen LogP contribution in [0.15, 0.2) is 60.7 Å². The van der Waals surface area contributed by atoms with Crippen LogP contribution in [-0.2, 0) is 9.30 Å². The molecule has 2 N–H and O–H groups in total. The molecule has 0 saturated heterocycles. The fourth-order valence-electron chi connectivity index (χ4n) is 3.72. The SMILES string of the molecule is CCCCC(CCCC)(CP(=O)(O)O)OC(C(=O)c1ccccc1)c1ccccc1. The molecule has 5 nitrogen and oxygen atoms in total. The number of Topliss-reactive ketones (excluding diaryl/α,β-unsaturated/α-hetero) is 1. The van der Waals surface area contributed by atoms with E-state index in [1.54, 1.807) is 24.3 Å². The van der Waals surface area contributed by atoms with Crippen molar-refractivity contribution in [2.24, 2.45) is 0 Å². The van der Waals surface area contributed by atoms with Gasteiger partial charge in [-0.2, -0.15) is 0 Å². The Morgan fingerprint density at radius 2 is 1.43 bits per heavy atom. The molecule has 0 aliphatic heterocycles. The molecule has 0 radical (unpaired) electrons. The van der Waals surface area contributed by atoms with Gasteiger partial charge in [0.05, 0.1) is 11.8 Å². The molecule has 0 amide bonds. The topological polar surface area (TPSA) is 83.8 Å². The third-order valence-electron chi connectivity index (χ3n) is 5.23. The summed E-state index contributed by atoms with van der Waals surface area (Å²) in [7, 11) is -4.35. The van der Waals surface area contributed by atoms with Crippen molar-refractivity contribution in [1.82, 2.24) is 0 Å². The summed E-state index contributed by atoms with van der Waals surface area (Å²) >= 11 is 0.